The molecule has 0 atom stereocenters. The number of nitrogens with zero attached hydrogens (tertiary/aromatic N) is 1. The van der Waals surface area contributed by atoms with Gasteiger partial charge in [0.1, 0.15) is 19.0 Å². The molecular formula is C15H23NO2. The number of ether oxygens (including phenoxy) is 1. The third kappa shape index (κ3) is 6.28. The molecule has 1 aromatic rings. The number of hydrogen-bond acceptors (Lipinski definition) is 3. The Morgan fingerprint density at radius 3 is 2.56 bits per heavy atom. The first kappa shape index (κ1) is 14.6. The monoisotopic (exact) mass is 249 g/mol. The van der Waals surface area contributed by atoms with Crippen LogP contribution in [0.25, 0.3) is 0 Å². The van der Waals surface area contributed by atoms with E-state index in [-0.39, 0.29) is 0 Å². The Kier molecular flexibility index (Phi) is 6.92. The van der Waals surface area contributed by atoms with Gasteiger partial charge in [0, 0.05) is 0 Å². The van der Waals surface area contributed by atoms with Gasteiger partial charge in [-0.1, -0.05) is 38.1 Å². The van der Waals surface area contributed by atoms with E-state index < -0.39 is 0 Å². The molecule has 0 aliphatic rings. The maximum Gasteiger partial charge on any atom is 0.127 e. The van der Waals surface area contributed by atoms with Crippen molar-refractivity contribution in [1.82, 2.24) is 0 Å². The van der Waals surface area contributed by atoms with E-state index in [1.165, 1.54) is 5.56 Å². The van der Waals surface area contributed by atoms with Crippen molar-refractivity contribution in [2.45, 2.75) is 33.6 Å². The quantitative estimate of drug-likeness (QED) is 0.400. The Bertz CT molecular complexity index is 344. The van der Waals surface area contributed by atoms with Crippen molar-refractivity contribution < 1.29 is 9.57 Å². The number of oxime groups is 1. The molecule has 0 saturated carbocycles. The fraction of sp³-hybridized carbons (Fsp3) is 0.533. The molecule has 0 spiro atoms. The summed E-state index contributed by atoms with van der Waals surface area (Å²) in [5, 5.41) is 3.78. The molecule has 1 aromatic carbocycles. The molecule has 0 N–H and O–H groups in total. The van der Waals surface area contributed by atoms with Crippen LogP contribution in [0.15, 0.2) is 29.4 Å². The van der Waals surface area contributed by atoms with E-state index in [0.717, 1.165) is 18.6 Å². The zero-order chi connectivity index (χ0) is 13.2. The summed E-state index contributed by atoms with van der Waals surface area (Å²) in [7, 11) is 0. The van der Waals surface area contributed by atoms with Crippen molar-refractivity contribution in [3.63, 3.8) is 0 Å². The lowest BCUT2D eigenvalue weighted by atomic mass is 10.0. The van der Waals surface area contributed by atoms with Gasteiger partial charge >= 0.3 is 0 Å². The second-order valence-corrected chi connectivity index (χ2v) is 4.67. The fourth-order valence-corrected chi connectivity index (χ4v) is 1.55. The van der Waals surface area contributed by atoms with Gasteiger partial charge in [0.25, 0.3) is 0 Å². The second kappa shape index (κ2) is 8.56. The molecule has 100 valence electrons. The van der Waals surface area contributed by atoms with Crippen molar-refractivity contribution in [3.8, 4) is 5.75 Å². The van der Waals surface area contributed by atoms with Crippen LogP contribution in [0, 0.1) is 5.92 Å². The Balaban J connectivity index is 2.28. The van der Waals surface area contributed by atoms with Gasteiger partial charge in [-0.3, -0.25) is 0 Å². The van der Waals surface area contributed by atoms with Crippen LogP contribution in [-0.4, -0.2) is 19.4 Å². The standard InChI is InChI=1S/C15H23NO2/c1-4-10-18-16-9-11-17-15-7-5-14(6-8-15)12-13(2)3/h5-9,13H,4,10-12H2,1-3H3/b16-9+. The Hall–Kier alpha value is -1.51. The van der Waals surface area contributed by atoms with Gasteiger partial charge in [0.15, 0.2) is 0 Å². The van der Waals surface area contributed by atoms with Crippen molar-refractivity contribution in [1.29, 1.82) is 0 Å². The average molecular weight is 249 g/mol. The van der Waals surface area contributed by atoms with Gasteiger partial charge in [-0.05, 0) is 36.5 Å². The summed E-state index contributed by atoms with van der Waals surface area (Å²) in [5.74, 6) is 1.55. The summed E-state index contributed by atoms with van der Waals surface area (Å²) in [5.41, 5.74) is 1.34. The zero-order valence-corrected chi connectivity index (χ0v) is 11.6. The summed E-state index contributed by atoms with van der Waals surface area (Å²) in [6.45, 7) is 7.58. The molecule has 0 fully saturated rings. The van der Waals surface area contributed by atoms with Crippen LogP contribution in [0.4, 0.5) is 0 Å². The zero-order valence-electron chi connectivity index (χ0n) is 11.6. The molecule has 3 nitrogen and oxygen atoms in total. The van der Waals surface area contributed by atoms with E-state index in [4.69, 9.17) is 9.57 Å². The highest BCUT2D eigenvalue weighted by Gasteiger charge is 1.98. The third-order valence-corrected chi connectivity index (χ3v) is 2.34. The Labute approximate surface area is 110 Å². The van der Waals surface area contributed by atoms with E-state index >= 15 is 0 Å². The topological polar surface area (TPSA) is 30.8 Å². The first-order valence-electron chi connectivity index (χ1n) is 6.58. The lowest BCUT2D eigenvalue weighted by molar-refractivity contribution is 0.145. The van der Waals surface area contributed by atoms with Gasteiger partial charge in [-0.2, -0.15) is 0 Å². The summed E-state index contributed by atoms with van der Waals surface area (Å²) in [4.78, 5) is 4.97. The minimum atomic E-state index is 0.438. The van der Waals surface area contributed by atoms with E-state index in [2.05, 4.69) is 31.1 Å². The highest BCUT2D eigenvalue weighted by atomic mass is 16.6. The molecule has 0 unspecified atom stereocenters. The molecule has 0 radical (unpaired) electrons. The van der Waals surface area contributed by atoms with Gasteiger partial charge in [-0.25, -0.2) is 0 Å². The molecule has 0 aromatic heterocycles. The molecule has 18 heavy (non-hydrogen) atoms. The first-order valence-corrected chi connectivity index (χ1v) is 6.58. The lowest BCUT2D eigenvalue weighted by Gasteiger charge is -2.06. The van der Waals surface area contributed by atoms with E-state index in [0.29, 0.717) is 19.1 Å². The van der Waals surface area contributed by atoms with E-state index in [1.54, 1.807) is 6.21 Å². The van der Waals surface area contributed by atoms with Crippen LogP contribution in [0.5, 0.6) is 5.75 Å². The van der Waals surface area contributed by atoms with Crippen LogP contribution in [0.1, 0.15) is 32.8 Å². The lowest BCUT2D eigenvalue weighted by Crippen LogP contribution is -2.00. The fourth-order valence-electron chi connectivity index (χ4n) is 1.55. The normalized spacial score (nSPS) is 11.1. The maximum absolute atomic E-state index is 5.52. The minimum Gasteiger partial charge on any atom is -0.488 e. The van der Waals surface area contributed by atoms with Crippen LogP contribution in [-0.2, 0) is 11.3 Å². The highest BCUT2D eigenvalue weighted by molar-refractivity contribution is 5.58. The average Bonchev–Trinajstić information content (AvgIpc) is 2.35. The highest BCUT2D eigenvalue weighted by Crippen LogP contribution is 2.14. The molecule has 0 aliphatic heterocycles. The van der Waals surface area contributed by atoms with Gasteiger partial charge in [0.05, 0.1) is 6.21 Å². The smallest absolute Gasteiger partial charge is 0.127 e. The van der Waals surface area contributed by atoms with Crippen molar-refractivity contribution in [3.05, 3.63) is 29.8 Å². The molecule has 0 saturated heterocycles. The molecule has 0 aliphatic carbocycles. The molecule has 0 amide bonds. The largest absolute Gasteiger partial charge is 0.488 e. The van der Waals surface area contributed by atoms with Crippen LogP contribution in [0.2, 0.25) is 0 Å². The maximum atomic E-state index is 5.52. The number of benzene rings is 1. The van der Waals surface area contributed by atoms with E-state index in [9.17, 15) is 0 Å². The molecule has 0 bridgehead atoms. The molecule has 1 rings (SSSR count). The van der Waals surface area contributed by atoms with Crippen LogP contribution < -0.4 is 4.74 Å². The molecule has 0 heterocycles. The predicted molar refractivity (Wildman–Crippen MR) is 75.2 cm³/mol. The minimum absolute atomic E-state index is 0.438. The Morgan fingerprint density at radius 1 is 1.22 bits per heavy atom. The van der Waals surface area contributed by atoms with Crippen LogP contribution in [0.3, 0.4) is 0 Å². The second-order valence-electron chi connectivity index (χ2n) is 4.67. The van der Waals surface area contributed by atoms with Gasteiger partial charge < -0.3 is 9.57 Å². The number of rotatable bonds is 8. The third-order valence-electron chi connectivity index (χ3n) is 2.34. The Morgan fingerprint density at radius 2 is 1.94 bits per heavy atom. The summed E-state index contributed by atoms with van der Waals surface area (Å²) >= 11 is 0. The summed E-state index contributed by atoms with van der Waals surface area (Å²) in [6.07, 6.45) is 3.71. The van der Waals surface area contributed by atoms with Crippen molar-refractivity contribution >= 4 is 6.21 Å². The summed E-state index contributed by atoms with van der Waals surface area (Å²) in [6, 6.07) is 8.22. The predicted octanol–water partition coefficient (Wildman–Crippen LogP) is 3.68. The SMILES string of the molecule is CCCO/N=C/COc1ccc(CC(C)C)cc1. The van der Waals surface area contributed by atoms with Crippen LogP contribution >= 0.6 is 0 Å². The molecule has 3 heteroatoms. The molecular weight excluding hydrogens is 226 g/mol. The number of hydrogen-bond donors (Lipinski definition) is 0. The summed E-state index contributed by atoms with van der Waals surface area (Å²) < 4.78 is 5.52. The first-order chi connectivity index (χ1) is 8.72. The van der Waals surface area contributed by atoms with Crippen molar-refractivity contribution in [2.75, 3.05) is 13.2 Å². The van der Waals surface area contributed by atoms with E-state index in [1.807, 2.05) is 19.1 Å². The van der Waals surface area contributed by atoms with Crippen molar-refractivity contribution in [2.24, 2.45) is 11.1 Å². The van der Waals surface area contributed by atoms with Gasteiger partial charge in [0.2, 0.25) is 0 Å². The van der Waals surface area contributed by atoms with Gasteiger partial charge in [-0.15, -0.1) is 0 Å².